The van der Waals surface area contributed by atoms with E-state index in [9.17, 15) is 4.79 Å². The number of carbonyl (C=O) groups is 1. The number of rotatable bonds is 14. The molecule has 0 aliphatic carbocycles. The van der Waals surface area contributed by atoms with Gasteiger partial charge in [0, 0.05) is 19.0 Å². The standard InChI is InChI=1S/C27H48N2O/c1-7-29-19-11-18-26(29)21-28-27(30)20-25(6)17-10-16-24(5)15-9-14-23(4)13-8-12-22(2)3/h12,14,16,25-26H,7-11,13,15,17-21H2,1-6H3,(H,28,30)/b23-14+,24-16+. The van der Waals surface area contributed by atoms with Crippen LogP contribution in [0.15, 0.2) is 34.9 Å². The van der Waals surface area contributed by atoms with Gasteiger partial charge in [-0.2, -0.15) is 0 Å². The van der Waals surface area contributed by atoms with Crippen LogP contribution < -0.4 is 5.32 Å². The topological polar surface area (TPSA) is 32.3 Å². The summed E-state index contributed by atoms with van der Waals surface area (Å²) in [5.41, 5.74) is 4.38. The van der Waals surface area contributed by atoms with Gasteiger partial charge in [0.1, 0.15) is 0 Å². The van der Waals surface area contributed by atoms with Gasteiger partial charge < -0.3 is 5.32 Å². The third-order valence-electron chi connectivity index (χ3n) is 6.25. The number of likely N-dealkylation sites (tertiary alicyclic amines) is 1. The minimum atomic E-state index is 0.222. The summed E-state index contributed by atoms with van der Waals surface area (Å²) in [6.45, 7) is 16.3. The molecule has 1 rings (SSSR count). The van der Waals surface area contributed by atoms with E-state index >= 15 is 0 Å². The second kappa shape index (κ2) is 15.5. The Hall–Kier alpha value is -1.35. The van der Waals surface area contributed by atoms with Crippen molar-refractivity contribution in [3.8, 4) is 0 Å². The van der Waals surface area contributed by atoms with Gasteiger partial charge in [0.25, 0.3) is 0 Å². The monoisotopic (exact) mass is 416 g/mol. The minimum absolute atomic E-state index is 0.222. The highest BCUT2D eigenvalue weighted by molar-refractivity contribution is 5.76. The summed E-state index contributed by atoms with van der Waals surface area (Å²) in [5, 5.41) is 3.17. The Balaban J connectivity index is 2.17. The number of hydrogen-bond acceptors (Lipinski definition) is 2. The Kier molecular flexibility index (Phi) is 13.7. The number of amides is 1. The smallest absolute Gasteiger partial charge is 0.220 e. The average Bonchev–Trinajstić information content (AvgIpc) is 3.13. The summed E-state index contributed by atoms with van der Waals surface area (Å²) < 4.78 is 0. The van der Waals surface area contributed by atoms with Crippen LogP contribution in [0.2, 0.25) is 0 Å². The summed E-state index contributed by atoms with van der Waals surface area (Å²) in [5.74, 6) is 0.664. The maximum atomic E-state index is 12.3. The van der Waals surface area contributed by atoms with E-state index in [0.29, 0.717) is 18.4 Å². The van der Waals surface area contributed by atoms with Crippen molar-refractivity contribution in [3.05, 3.63) is 34.9 Å². The van der Waals surface area contributed by atoms with Crippen molar-refractivity contribution >= 4 is 5.91 Å². The maximum absolute atomic E-state index is 12.3. The molecule has 0 aromatic carbocycles. The van der Waals surface area contributed by atoms with Crippen LogP contribution in [0.4, 0.5) is 0 Å². The van der Waals surface area contributed by atoms with Crippen molar-refractivity contribution in [2.45, 2.75) is 105 Å². The van der Waals surface area contributed by atoms with Crippen LogP contribution in [0.5, 0.6) is 0 Å². The Morgan fingerprint density at radius 1 is 1.03 bits per heavy atom. The molecule has 1 aliphatic rings. The van der Waals surface area contributed by atoms with E-state index in [0.717, 1.165) is 45.2 Å². The number of nitrogens with one attached hydrogen (secondary N) is 1. The summed E-state index contributed by atoms with van der Waals surface area (Å²) in [7, 11) is 0. The van der Waals surface area contributed by atoms with Gasteiger partial charge in [0.2, 0.25) is 5.91 Å². The summed E-state index contributed by atoms with van der Waals surface area (Å²) in [6, 6.07) is 0.546. The van der Waals surface area contributed by atoms with Crippen molar-refractivity contribution in [3.63, 3.8) is 0 Å². The van der Waals surface area contributed by atoms with Crippen LogP contribution >= 0.6 is 0 Å². The molecule has 1 heterocycles. The average molecular weight is 417 g/mol. The molecule has 2 atom stereocenters. The normalized spacial score (nSPS) is 19.1. The van der Waals surface area contributed by atoms with Gasteiger partial charge in [-0.25, -0.2) is 0 Å². The SMILES string of the molecule is CCN1CCCC1CNC(=O)CC(C)CC/C=C(\C)CC/C=C(\C)CCC=C(C)C. The largest absolute Gasteiger partial charge is 0.355 e. The third-order valence-corrected chi connectivity index (χ3v) is 6.25. The fraction of sp³-hybridized carbons (Fsp3) is 0.741. The molecular weight excluding hydrogens is 368 g/mol. The maximum Gasteiger partial charge on any atom is 0.220 e. The van der Waals surface area contributed by atoms with E-state index < -0.39 is 0 Å². The van der Waals surface area contributed by atoms with E-state index in [4.69, 9.17) is 0 Å². The van der Waals surface area contributed by atoms with Gasteiger partial charge in [0.15, 0.2) is 0 Å². The number of hydrogen-bond donors (Lipinski definition) is 1. The molecule has 1 fully saturated rings. The quantitative estimate of drug-likeness (QED) is 0.315. The van der Waals surface area contributed by atoms with E-state index in [-0.39, 0.29) is 5.91 Å². The van der Waals surface area contributed by atoms with E-state index in [2.05, 4.69) is 70.0 Å². The molecule has 0 spiro atoms. The van der Waals surface area contributed by atoms with Crippen LogP contribution in [0.25, 0.3) is 0 Å². The molecule has 0 aromatic heterocycles. The second-order valence-electron chi connectivity index (χ2n) is 9.58. The first-order chi connectivity index (χ1) is 14.3. The van der Waals surface area contributed by atoms with Gasteiger partial charge in [0.05, 0.1) is 0 Å². The molecule has 0 radical (unpaired) electrons. The predicted octanol–water partition coefficient (Wildman–Crippen LogP) is 6.81. The highest BCUT2D eigenvalue weighted by Crippen LogP contribution is 2.17. The molecule has 0 aromatic rings. The van der Waals surface area contributed by atoms with Crippen LogP contribution in [0, 0.1) is 5.92 Å². The lowest BCUT2D eigenvalue weighted by molar-refractivity contribution is -0.122. The highest BCUT2D eigenvalue weighted by atomic mass is 16.1. The molecule has 1 amide bonds. The molecule has 0 saturated carbocycles. The number of likely N-dealkylation sites (N-methyl/N-ethyl adjacent to an activating group) is 1. The Morgan fingerprint density at radius 3 is 2.30 bits per heavy atom. The molecular formula is C27H48N2O. The van der Waals surface area contributed by atoms with Crippen LogP contribution in [0.1, 0.15) is 99.3 Å². The van der Waals surface area contributed by atoms with Gasteiger partial charge in [-0.3, -0.25) is 9.69 Å². The van der Waals surface area contributed by atoms with Crippen molar-refractivity contribution < 1.29 is 4.79 Å². The Labute approximate surface area is 187 Å². The molecule has 1 aliphatic heterocycles. The van der Waals surface area contributed by atoms with E-state index in [1.807, 2.05) is 0 Å². The molecule has 172 valence electrons. The lowest BCUT2D eigenvalue weighted by Crippen LogP contribution is -2.40. The number of allylic oxidation sites excluding steroid dienone is 6. The zero-order valence-corrected chi connectivity index (χ0v) is 20.7. The lowest BCUT2D eigenvalue weighted by atomic mass is 9.99. The minimum Gasteiger partial charge on any atom is -0.355 e. The fourth-order valence-electron chi connectivity index (χ4n) is 4.22. The van der Waals surface area contributed by atoms with Crippen molar-refractivity contribution in [1.29, 1.82) is 0 Å². The second-order valence-corrected chi connectivity index (χ2v) is 9.58. The Morgan fingerprint density at radius 2 is 1.67 bits per heavy atom. The van der Waals surface area contributed by atoms with E-state index in [1.54, 1.807) is 0 Å². The van der Waals surface area contributed by atoms with Gasteiger partial charge in [-0.05, 0) is 98.1 Å². The molecule has 3 nitrogen and oxygen atoms in total. The van der Waals surface area contributed by atoms with Gasteiger partial charge in [-0.1, -0.05) is 48.8 Å². The van der Waals surface area contributed by atoms with Crippen molar-refractivity contribution in [1.82, 2.24) is 10.2 Å². The highest BCUT2D eigenvalue weighted by Gasteiger charge is 2.23. The van der Waals surface area contributed by atoms with E-state index in [1.165, 1.54) is 42.5 Å². The third kappa shape index (κ3) is 12.4. The first-order valence-electron chi connectivity index (χ1n) is 12.3. The molecule has 2 unspecified atom stereocenters. The number of carbonyl (C=O) groups excluding carboxylic acids is 1. The molecule has 3 heteroatoms. The lowest BCUT2D eigenvalue weighted by Gasteiger charge is -2.23. The Bertz CT molecular complexity index is 584. The van der Waals surface area contributed by atoms with Crippen molar-refractivity contribution in [2.75, 3.05) is 19.6 Å². The van der Waals surface area contributed by atoms with Crippen LogP contribution in [-0.4, -0.2) is 36.5 Å². The zero-order valence-electron chi connectivity index (χ0n) is 20.7. The summed E-state index contributed by atoms with van der Waals surface area (Å²) >= 11 is 0. The van der Waals surface area contributed by atoms with Gasteiger partial charge in [-0.15, -0.1) is 0 Å². The number of nitrogens with zero attached hydrogens (tertiary/aromatic N) is 1. The fourth-order valence-corrected chi connectivity index (χ4v) is 4.22. The first kappa shape index (κ1) is 26.7. The molecule has 0 bridgehead atoms. The zero-order chi connectivity index (χ0) is 22.4. The van der Waals surface area contributed by atoms with Gasteiger partial charge >= 0.3 is 0 Å². The van der Waals surface area contributed by atoms with Crippen LogP contribution in [0.3, 0.4) is 0 Å². The molecule has 30 heavy (non-hydrogen) atoms. The predicted molar refractivity (Wildman–Crippen MR) is 132 cm³/mol. The molecule has 1 saturated heterocycles. The summed E-state index contributed by atoms with van der Waals surface area (Å²) in [6.07, 6.45) is 17.0. The first-order valence-corrected chi connectivity index (χ1v) is 12.3. The van der Waals surface area contributed by atoms with Crippen molar-refractivity contribution in [2.24, 2.45) is 5.92 Å². The molecule has 1 N–H and O–H groups in total. The van der Waals surface area contributed by atoms with Crippen LogP contribution in [-0.2, 0) is 4.79 Å². The summed E-state index contributed by atoms with van der Waals surface area (Å²) in [4.78, 5) is 14.7.